The molecule has 0 aliphatic heterocycles. The molecule has 3 fully saturated rings. The summed E-state index contributed by atoms with van der Waals surface area (Å²) in [6, 6.07) is 8.68. The first-order valence-electron chi connectivity index (χ1n) is 14.9. The Labute approximate surface area is 240 Å². The third-order valence-corrected chi connectivity index (χ3v) is 10.9. The minimum Gasteiger partial charge on any atom is -0.431 e. The molecule has 0 bridgehead atoms. The van der Waals surface area contributed by atoms with Crippen LogP contribution in [-0.4, -0.2) is 27.9 Å². The second-order valence-corrected chi connectivity index (χ2v) is 12.9. The molecule has 5 atom stereocenters. The highest BCUT2D eigenvalue weighted by Crippen LogP contribution is 2.68. The summed E-state index contributed by atoms with van der Waals surface area (Å²) in [6.45, 7) is 6.77. The summed E-state index contributed by atoms with van der Waals surface area (Å²) < 4.78 is 16.1. The maximum absolute atomic E-state index is 12.5. The number of benzene rings is 1. The quantitative estimate of drug-likeness (QED) is 0.162. The van der Waals surface area contributed by atoms with Crippen LogP contribution in [0.1, 0.15) is 96.5 Å². The molecule has 1 heterocycles. The lowest BCUT2D eigenvalue weighted by Gasteiger charge is -2.59. The van der Waals surface area contributed by atoms with Gasteiger partial charge in [-0.1, -0.05) is 27.2 Å². The van der Waals surface area contributed by atoms with Crippen molar-refractivity contribution in [3.05, 3.63) is 68.8 Å². The van der Waals surface area contributed by atoms with Gasteiger partial charge in [-0.05, 0) is 105 Å². The SMILES string of the molecule is CCC[C@@H]1[C@@H](C2(C)CCC(OC(=O)Oc3ccc([N+](=O)[O-])cc3)CC2)CC[C@]2(C)[C@@H](c3ccc(=O)oc3)CC[C@]12O. The summed E-state index contributed by atoms with van der Waals surface area (Å²) in [5.74, 6) is 0.882. The highest BCUT2D eigenvalue weighted by atomic mass is 16.7. The third-order valence-electron chi connectivity index (χ3n) is 10.9. The minimum atomic E-state index is -0.798. The van der Waals surface area contributed by atoms with Crippen molar-refractivity contribution in [2.45, 2.75) is 103 Å². The molecule has 0 unspecified atom stereocenters. The molecule has 1 aromatic heterocycles. The summed E-state index contributed by atoms with van der Waals surface area (Å²) in [5.41, 5.74) is -0.489. The molecular formula is C32H41NO8. The van der Waals surface area contributed by atoms with E-state index in [4.69, 9.17) is 13.9 Å². The van der Waals surface area contributed by atoms with Crippen LogP contribution in [0.2, 0.25) is 0 Å². The van der Waals surface area contributed by atoms with Crippen LogP contribution in [0.15, 0.2) is 51.9 Å². The molecule has 5 rings (SSSR count). The Bertz CT molecular complexity index is 1290. The van der Waals surface area contributed by atoms with Crippen molar-refractivity contribution in [1.82, 2.24) is 0 Å². The molecule has 3 saturated carbocycles. The van der Waals surface area contributed by atoms with Crippen molar-refractivity contribution in [1.29, 1.82) is 0 Å². The van der Waals surface area contributed by atoms with Gasteiger partial charge in [-0.2, -0.15) is 0 Å². The van der Waals surface area contributed by atoms with Crippen LogP contribution in [0.4, 0.5) is 10.5 Å². The number of hydrogen-bond donors (Lipinski definition) is 1. The van der Waals surface area contributed by atoms with Crippen molar-refractivity contribution in [3.63, 3.8) is 0 Å². The Morgan fingerprint density at radius 2 is 1.76 bits per heavy atom. The average Bonchev–Trinajstić information content (AvgIpc) is 3.22. The minimum absolute atomic E-state index is 0.0245. The number of nitro groups is 1. The number of carbonyl (C=O) groups is 1. The Kier molecular flexibility index (Phi) is 8.03. The van der Waals surface area contributed by atoms with Crippen LogP contribution >= 0.6 is 0 Å². The number of fused-ring (bicyclic) bond motifs is 1. The number of hydrogen-bond acceptors (Lipinski definition) is 8. The Balaban J connectivity index is 1.24. The van der Waals surface area contributed by atoms with Gasteiger partial charge in [-0.15, -0.1) is 0 Å². The number of aliphatic hydroxyl groups is 1. The first kappa shape index (κ1) is 29.3. The predicted molar refractivity (Wildman–Crippen MR) is 152 cm³/mol. The molecule has 3 aliphatic carbocycles. The second kappa shape index (κ2) is 11.2. The normalized spacial score (nSPS) is 34.9. The average molecular weight is 568 g/mol. The molecule has 41 heavy (non-hydrogen) atoms. The zero-order chi connectivity index (χ0) is 29.4. The topological polar surface area (TPSA) is 129 Å². The maximum atomic E-state index is 12.5. The molecule has 0 radical (unpaired) electrons. The fourth-order valence-corrected chi connectivity index (χ4v) is 8.58. The van der Waals surface area contributed by atoms with Crippen LogP contribution in [-0.2, 0) is 4.74 Å². The lowest BCUT2D eigenvalue weighted by molar-refractivity contribution is -0.384. The van der Waals surface area contributed by atoms with Crippen molar-refractivity contribution in [3.8, 4) is 5.75 Å². The maximum Gasteiger partial charge on any atom is 0.514 e. The molecule has 2 aromatic rings. The van der Waals surface area contributed by atoms with Gasteiger partial charge in [0.25, 0.3) is 5.69 Å². The first-order valence-corrected chi connectivity index (χ1v) is 14.9. The number of rotatable bonds is 7. The van der Waals surface area contributed by atoms with Crippen molar-refractivity contribution < 1.29 is 28.7 Å². The number of nitrogens with zero attached hydrogens (tertiary/aromatic N) is 1. The molecule has 1 aromatic carbocycles. The summed E-state index contributed by atoms with van der Waals surface area (Å²) in [4.78, 5) is 34.3. The lowest BCUT2D eigenvalue weighted by Crippen LogP contribution is -2.58. The van der Waals surface area contributed by atoms with Gasteiger partial charge in [0, 0.05) is 23.6 Å². The fourth-order valence-electron chi connectivity index (χ4n) is 8.58. The molecule has 0 spiro atoms. The Morgan fingerprint density at radius 3 is 2.37 bits per heavy atom. The van der Waals surface area contributed by atoms with Gasteiger partial charge in [-0.3, -0.25) is 10.1 Å². The fraction of sp³-hybridized carbons (Fsp3) is 0.625. The van der Waals surface area contributed by atoms with Crippen molar-refractivity contribution >= 4 is 11.8 Å². The van der Waals surface area contributed by atoms with E-state index in [1.807, 2.05) is 6.07 Å². The van der Waals surface area contributed by atoms with E-state index in [0.717, 1.165) is 69.8 Å². The zero-order valence-electron chi connectivity index (χ0n) is 24.2. The van der Waals surface area contributed by atoms with Gasteiger partial charge in [0.2, 0.25) is 0 Å². The highest BCUT2D eigenvalue weighted by molar-refractivity contribution is 5.64. The van der Waals surface area contributed by atoms with Gasteiger partial charge in [-0.25, -0.2) is 9.59 Å². The smallest absolute Gasteiger partial charge is 0.431 e. The molecule has 9 heteroatoms. The van der Waals surface area contributed by atoms with Crippen LogP contribution in [0.5, 0.6) is 5.75 Å². The highest BCUT2D eigenvalue weighted by Gasteiger charge is 2.65. The molecule has 0 amide bonds. The van der Waals surface area contributed by atoms with Gasteiger partial charge >= 0.3 is 11.8 Å². The molecular weight excluding hydrogens is 526 g/mol. The molecule has 9 nitrogen and oxygen atoms in total. The van der Waals surface area contributed by atoms with Gasteiger partial charge < -0.3 is 19.0 Å². The second-order valence-electron chi connectivity index (χ2n) is 12.9. The number of carbonyl (C=O) groups excluding carboxylic acids is 1. The van der Waals surface area contributed by atoms with Crippen LogP contribution in [0.3, 0.4) is 0 Å². The van der Waals surface area contributed by atoms with E-state index in [0.29, 0.717) is 5.92 Å². The van der Waals surface area contributed by atoms with E-state index in [-0.39, 0.29) is 45.8 Å². The van der Waals surface area contributed by atoms with E-state index < -0.39 is 16.7 Å². The Morgan fingerprint density at radius 1 is 1.05 bits per heavy atom. The van der Waals surface area contributed by atoms with Crippen molar-refractivity contribution in [2.24, 2.45) is 22.7 Å². The largest absolute Gasteiger partial charge is 0.514 e. The zero-order valence-corrected chi connectivity index (χ0v) is 24.2. The van der Waals surface area contributed by atoms with Crippen LogP contribution in [0.25, 0.3) is 0 Å². The Hall–Kier alpha value is -3.20. The van der Waals surface area contributed by atoms with Gasteiger partial charge in [0.05, 0.1) is 16.8 Å². The summed E-state index contributed by atoms with van der Waals surface area (Å²) in [6.07, 6.45) is 9.29. The summed E-state index contributed by atoms with van der Waals surface area (Å²) in [7, 11) is 0. The lowest BCUT2D eigenvalue weighted by atomic mass is 9.48. The van der Waals surface area contributed by atoms with E-state index in [2.05, 4.69) is 20.8 Å². The monoisotopic (exact) mass is 567 g/mol. The molecule has 3 aliphatic rings. The van der Waals surface area contributed by atoms with E-state index in [9.17, 15) is 24.8 Å². The standard InChI is InChI=1S/C32H41NO8/c1-4-5-27-26(14-18-31(3)25(15-19-32(27,31)36)21-6-11-28(34)39-20-21)30(2)16-12-24(13-17-30)41-29(35)40-23-9-7-22(8-10-23)33(37)38/h6-11,20,24-27,36H,4-5,12-19H2,1-3H3/t24?,25-,26+,27-,30?,31-,32+/m1/s1. The third kappa shape index (κ3) is 5.41. The summed E-state index contributed by atoms with van der Waals surface area (Å²) >= 11 is 0. The first-order chi connectivity index (χ1) is 19.5. The van der Waals surface area contributed by atoms with Crippen LogP contribution < -0.4 is 10.4 Å². The number of non-ortho nitro benzene ring substituents is 1. The molecule has 1 N–H and O–H groups in total. The molecule has 0 saturated heterocycles. The van der Waals surface area contributed by atoms with Crippen molar-refractivity contribution in [2.75, 3.05) is 0 Å². The number of ether oxygens (including phenoxy) is 2. The summed E-state index contributed by atoms with van der Waals surface area (Å²) in [5, 5.41) is 23.3. The van der Waals surface area contributed by atoms with E-state index >= 15 is 0 Å². The van der Waals surface area contributed by atoms with Gasteiger partial charge in [0.15, 0.2) is 0 Å². The molecule has 222 valence electrons. The van der Waals surface area contributed by atoms with E-state index in [1.165, 1.54) is 30.3 Å². The van der Waals surface area contributed by atoms with Gasteiger partial charge in [0.1, 0.15) is 11.9 Å². The number of nitro benzene ring substituents is 1. The van der Waals surface area contributed by atoms with E-state index in [1.54, 1.807) is 6.26 Å². The predicted octanol–water partition coefficient (Wildman–Crippen LogP) is 7.15. The van der Waals surface area contributed by atoms with Crippen LogP contribution in [0, 0.1) is 32.8 Å².